The third kappa shape index (κ3) is 3.54. The summed E-state index contributed by atoms with van der Waals surface area (Å²) in [6, 6.07) is 6.91. The molecule has 1 amide bonds. The highest BCUT2D eigenvalue weighted by molar-refractivity contribution is 7.92. The van der Waals surface area contributed by atoms with Crippen LogP contribution in [-0.4, -0.2) is 28.2 Å². The molecule has 0 atom stereocenters. The molecule has 1 N–H and O–H groups in total. The molecule has 0 spiro atoms. The van der Waals surface area contributed by atoms with E-state index in [9.17, 15) is 22.0 Å². The monoisotopic (exact) mass is 382 g/mol. The van der Waals surface area contributed by atoms with Gasteiger partial charge in [-0.05, 0) is 42.3 Å². The van der Waals surface area contributed by atoms with Crippen LogP contribution in [0.1, 0.15) is 12.0 Å². The van der Waals surface area contributed by atoms with Gasteiger partial charge in [0, 0.05) is 31.0 Å². The predicted molar refractivity (Wildman–Crippen MR) is 91.3 cm³/mol. The van der Waals surface area contributed by atoms with Crippen LogP contribution in [0.3, 0.4) is 0 Å². The lowest BCUT2D eigenvalue weighted by atomic mass is 10.0. The maximum absolute atomic E-state index is 13.8. The largest absolute Gasteiger partial charge is 0.364 e. The van der Waals surface area contributed by atoms with Crippen LogP contribution in [0.4, 0.5) is 20.2 Å². The van der Waals surface area contributed by atoms with Gasteiger partial charge in [-0.25, -0.2) is 17.2 Å². The fourth-order valence-corrected chi connectivity index (χ4v) is 3.91. The van der Waals surface area contributed by atoms with E-state index in [1.807, 2.05) is 0 Å². The zero-order valence-electron chi connectivity index (χ0n) is 13.8. The highest BCUT2D eigenvalue weighted by Gasteiger charge is 2.25. The lowest BCUT2D eigenvalue weighted by Crippen LogP contribution is -2.36. The van der Waals surface area contributed by atoms with Crippen molar-refractivity contribution in [2.45, 2.75) is 17.7 Å². The number of hydrogen-bond acceptors (Lipinski definition) is 4. The van der Waals surface area contributed by atoms with Gasteiger partial charge in [-0.3, -0.25) is 14.4 Å². The number of carbonyl (C=O) groups excluding carboxylic acids is 1. The number of rotatable bonds is 5. The molecule has 0 bridgehead atoms. The number of nitrogens with zero attached hydrogens (tertiary/aromatic N) is 1. The lowest BCUT2D eigenvalue weighted by Gasteiger charge is -2.29. The molecule has 1 heterocycles. The predicted octanol–water partition coefficient (Wildman–Crippen LogP) is 2.65. The van der Waals surface area contributed by atoms with E-state index in [1.54, 1.807) is 12.1 Å². The molecule has 0 unspecified atom stereocenters. The average molecular weight is 382 g/mol. The van der Waals surface area contributed by atoms with Gasteiger partial charge in [-0.1, -0.05) is 0 Å². The maximum Gasteiger partial charge on any atom is 0.264 e. The Kier molecular flexibility index (Phi) is 4.92. The van der Waals surface area contributed by atoms with Crippen LogP contribution in [0, 0.1) is 11.6 Å². The van der Waals surface area contributed by atoms with Gasteiger partial charge in [0.15, 0.2) is 0 Å². The minimum Gasteiger partial charge on any atom is -0.364 e. The summed E-state index contributed by atoms with van der Waals surface area (Å²) in [4.78, 5) is 12.8. The summed E-state index contributed by atoms with van der Waals surface area (Å²) >= 11 is 0. The van der Waals surface area contributed by atoms with Gasteiger partial charge in [0.05, 0.1) is 0 Å². The average Bonchev–Trinajstić information content (AvgIpc) is 2.57. The second-order valence-corrected chi connectivity index (χ2v) is 7.41. The number of methoxy groups -OCH3 is 1. The molecule has 0 aliphatic carbocycles. The number of aryl methyl sites for hydroxylation is 1. The third-order valence-corrected chi connectivity index (χ3v) is 5.39. The van der Waals surface area contributed by atoms with Crippen molar-refractivity contribution in [1.82, 2.24) is 0 Å². The van der Waals surface area contributed by atoms with E-state index in [0.29, 0.717) is 18.2 Å². The maximum atomic E-state index is 13.8. The number of fused-ring (bicyclic) bond motifs is 1. The standard InChI is InChI=1S/C17H16F2N2O4S/c1-25-10-21-15-5-4-13(8-11(15)2-7-17(21)22)20-26(23,24)16-6-3-12(18)9-14(16)19/h3-6,8-9,20H,2,7,10H2,1H3. The fraction of sp³-hybridized carbons (Fsp3) is 0.235. The highest BCUT2D eigenvalue weighted by Crippen LogP contribution is 2.31. The molecule has 138 valence electrons. The van der Waals surface area contributed by atoms with E-state index in [0.717, 1.165) is 17.7 Å². The van der Waals surface area contributed by atoms with Crippen molar-refractivity contribution in [3.63, 3.8) is 0 Å². The van der Waals surface area contributed by atoms with Crippen molar-refractivity contribution in [3.8, 4) is 0 Å². The van der Waals surface area contributed by atoms with Gasteiger partial charge in [-0.15, -0.1) is 0 Å². The number of benzene rings is 2. The van der Waals surface area contributed by atoms with Crippen LogP contribution in [0.5, 0.6) is 0 Å². The van der Waals surface area contributed by atoms with Gasteiger partial charge in [0.1, 0.15) is 23.3 Å². The summed E-state index contributed by atoms with van der Waals surface area (Å²) < 4.78 is 58.8. The van der Waals surface area contributed by atoms with E-state index >= 15 is 0 Å². The van der Waals surface area contributed by atoms with Gasteiger partial charge < -0.3 is 4.74 Å². The van der Waals surface area contributed by atoms with Crippen molar-refractivity contribution < 1.29 is 26.7 Å². The number of hydrogen-bond donors (Lipinski definition) is 1. The molecule has 3 rings (SSSR count). The SMILES string of the molecule is COCN1C(=O)CCc2cc(NS(=O)(=O)c3ccc(F)cc3F)ccc21. The molecule has 0 aromatic heterocycles. The number of anilines is 2. The smallest absolute Gasteiger partial charge is 0.264 e. The molecule has 0 saturated carbocycles. The Morgan fingerprint density at radius 3 is 2.62 bits per heavy atom. The van der Waals surface area contributed by atoms with Gasteiger partial charge in [0.2, 0.25) is 5.91 Å². The van der Waals surface area contributed by atoms with Crippen LogP contribution in [-0.2, 0) is 26.0 Å². The van der Waals surface area contributed by atoms with E-state index in [1.165, 1.54) is 18.1 Å². The second kappa shape index (κ2) is 7.00. The van der Waals surface area contributed by atoms with Gasteiger partial charge in [0.25, 0.3) is 10.0 Å². The topological polar surface area (TPSA) is 75.7 Å². The van der Waals surface area contributed by atoms with E-state index < -0.39 is 26.6 Å². The van der Waals surface area contributed by atoms with Gasteiger partial charge in [-0.2, -0.15) is 0 Å². The van der Waals surface area contributed by atoms with E-state index in [4.69, 9.17) is 4.74 Å². The Balaban J connectivity index is 1.90. The van der Waals surface area contributed by atoms with Crippen molar-refractivity contribution in [3.05, 3.63) is 53.6 Å². The minimum absolute atomic E-state index is 0.0823. The Morgan fingerprint density at radius 1 is 1.15 bits per heavy atom. The summed E-state index contributed by atoms with van der Waals surface area (Å²) in [5.74, 6) is -2.12. The number of amides is 1. The lowest BCUT2D eigenvalue weighted by molar-refractivity contribution is -0.119. The first-order valence-corrected chi connectivity index (χ1v) is 9.20. The number of carbonyl (C=O) groups is 1. The summed E-state index contributed by atoms with van der Waals surface area (Å²) in [6.45, 7) is 0.0949. The number of halogens is 2. The van der Waals surface area contributed by atoms with Crippen LogP contribution in [0.25, 0.3) is 0 Å². The van der Waals surface area contributed by atoms with E-state index in [2.05, 4.69) is 4.72 Å². The summed E-state index contributed by atoms with van der Waals surface area (Å²) in [5, 5.41) is 0. The van der Waals surface area contributed by atoms with Crippen molar-refractivity contribution in [1.29, 1.82) is 0 Å². The van der Waals surface area contributed by atoms with Crippen LogP contribution < -0.4 is 9.62 Å². The Bertz CT molecular complexity index is 963. The van der Waals surface area contributed by atoms with Gasteiger partial charge >= 0.3 is 0 Å². The molecule has 2 aromatic carbocycles. The highest BCUT2D eigenvalue weighted by atomic mass is 32.2. The molecule has 6 nitrogen and oxygen atoms in total. The minimum atomic E-state index is -4.22. The first-order chi connectivity index (χ1) is 12.3. The van der Waals surface area contributed by atoms with Crippen LogP contribution >= 0.6 is 0 Å². The Morgan fingerprint density at radius 2 is 1.92 bits per heavy atom. The summed E-state index contributed by atoms with van der Waals surface area (Å²) in [7, 11) is -2.75. The molecule has 26 heavy (non-hydrogen) atoms. The quantitative estimate of drug-likeness (QED) is 0.863. The van der Waals surface area contributed by atoms with Crippen LogP contribution in [0.2, 0.25) is 0 Å². The Labute approximate surface area is 149 Å². The summed E-state index contributed by atoms with van der Waals surface area (Å²) in [5.41, 5.74) is 1.62. The fourth-order valence-electron chi connectivity index (χ4n) is 2.80. The molecule has 1 aliphatic heterocycles. The first-order valence-electron chi connectivity index (χ1n) is 7.72. The first kappa shape index (κ1) is 18.3. The molecule has 0 fully saturated rings. The molecule has 9 heteroatoms. The van der Waals surface area contributed by atoms with Crippen molar-refractivity contribution in [2.24, 2.45) is 0 Å². The number of ether oxygens (including phenoxy) is 1. The number of sulfonamides is 1. The van der Waals surface area contributed by atoms with Crippen LogP contribution in [0.15, 0.2) is 41.3 Å². The normalized spacial score (nSPS) is 14.3. The summed E-state index contributed by atoms with van der Waals surface area (Å²) in [6.07, 6.45) is 0.730. The van der Waals surface area contributed by atoms with Crippen molar-refractivity contribution >= 4 is 27.3 Å². The molecule has 1 aliphatic rings. The molecular weight excluding hydrogens is 366 g/mol. The zero-order chi connectivity index (χ0) is 18.9. The van der Waals surface area contributed by atoms with Crippen molar-refractivity contribution in [2.75, 3.05) is 23.5 Å². The van der Waals surface area contributed by atoms with E-state index in [-0.39, 0.29) is 24.7 Å². The molecule has 2 aromatic rings. The number of nitrogens with one attached hydrogen (secondary N) is 1. The molecule has 0 radical (unpaired) electrons. The zero-order valence-corrected chi connectivity index (χ0v) is 14.6. The Hall–Kier alpha value is -2.52. The third-order valence-electron chi connectivity index (χ3n) is 3.97. The molecule has 0 saturated heterocycles. The molecular formula is C17H16F2N2O4S. The second-order valence-electron chi connectivity index (χ2n) is 5.76.